The SMILES string of the molecule is COc1cc2nc(NCc3ccc(C(=O)N(C)C(C)C)cc3)nc(N)c2cc1OC. The van der Waals surface area contributed by atoms with Gasteiger partial charge in [-0.2, -0.15) is 4.98 Å². The Morgan fingerprint density at radius 1 is 1.10 bits per heavy atom. The molecule has 0 saturated carbocycles. The number of hydrogen-bond acceptors (Lipinski definition) is 7. The first-order valence-electron chi connectivity index (χ1n) is 9.63. The molecule has 0 fully saturated rings. The molecule has 2 aromatic carbocycles. The Labute approximate surface area is 176 Å². The van der Waals surface area contributed by atoms with E-state index in [1.54, 1.807) is 38.3 Å². The second-order valence-corrected chi connectivity index (χ2v) is 7.22. The predicted molar refractivity (Wildman–Crippen MR) is 118 cm³/mol. The standard InChI is InChI=1S/C22H27N5O3/c1-13(2)27(3)21(28)15-8-6-14(7-9-15)12-24-22-25-17-11-19(30-5)18(29-4)10-16(17)20(23)26-22/h6-11,13H,12H2,1-5H3,(H3,23,24,25,26). The number of amides is 1. The van der Waals surface area contributed by atoms with Crippen molar-refractivity contribution in [3.05, 3.63) is 47.5 Å². The van der Waals surface area contributed by atoms with Gasteiger partial charge in [-0.05, 0) is 37.6 Å². The summed E-state index contributed by atoms with van der Waals surface area (Å²) in [7, 11) is 4.94. The number of carbonyl (C=O) groups excluding carboxylic acids is 1. The highest BCUT2D eigenvalue weighted by Crippen LogP contribution is 2.33. The molecule has 8 heteroatoms. The fourth-order valence-electron chi connectivity index (χ4n) is 2.94. The number of nitrogen functional groups attached to an aromatic ring is 1. The molecule has 3 rings (SSSR count). The van der Waals surface area contributed by atoms with E-state index in [0.717, 1.165) is 5.56 Å². The van der Waals surface area contributed by atoms with E-state index in [4.69, 9.17) is 15.2 Å². The van der Waals surface area contributed by atoms with Crippen LogP contribution in [0.1, 0.15) is 29.8 Å². The molecule has 0 bridgehead atoms. The maximum Gasteiger partial charge on any atom is 0.253 e. The van der Waals surface area contributed by atoms with Gasteiger partial charge in [-0.15, -0.1) is 0 Å². The zero-order valence-electron chi connectivity index (χ0n) is 17.9. The summed E-state index contributed by atoms with van der Waals surface area (Å²) in [5.41, 5.74) is 8.42. The molecule has 0 radical (unpaired) electrons. The number of aromatic nitrogens is 2. The summed E-state index contributed by atoms with van der Waals surface area (Å²) in [5.74, 6) is 1.90. The number of benzene rings is 2. The van der Waals surface area contributed by atoms with Crippen molar-refractivity contribution < 1.29 is 14.3 Å². The minimum absolute atomic E-state index is 0.000444. The molecule has 1 heterocycles. The summed E-state index contributed by atoms with van der Waals surface area (Å²) >= 11 is 0. The van der Waals surface area contributed by atoms with Gasteiger partial charge in [-0.3, -0.25) is 4.79 Å². The molecule has 1 aromatic heterocycles. The number of anilines is 2. The number of ether oxygens (including phenoxy) is 2. The van der Waals surface area contributed by atoms with Crippen LogP contribution >= 0.6 is 0 Å². The van der Waals surface area contributed by atoms with Crippen LogP contribution in [0.15, 0.2) is 36.4 Å². The Kier molecular flexibility index (Phi) is 6.25. The third kappa shape index (κ3) is 4.37. The number of hydrogen-bond donors (Lipinski definition) is 2. The van der Waals surface area contributed by atoms with Crippen molar-refractivity contribution in [1.29, 1.82) is 0 Å². The van der Waals surface area contributed by atoms with Crippen LogP contribution in [0.3, 0.4) is 0 Å². The molecule has 30 heavy (non-hydrogen) atoms. The van der Waals surface area contributed by atoms with E-state index in [1.807, 2.05) is 38.1 Å². The van der Waals surface area contributed by atoms with E-state index >= 15 is 0 Å². The molecule has 1 amide bonds. The molecule has 3 aromatic rings. The van der Waals surface area contributed by atoms with Crippen LogP contribution in [-0.2, 0) is 6.54 Å². The summed E-state index contributed by atoms with van der Waals surface area (Å²) in [4.78, 5) is 23.0. The normalized spacial score (nSPS) is 10.9. The Hall–Kier alpha value is -3.55. The molecular formula is C22H27N5O3. The number of nitrogens with zero attached hydrogens (tertiary/aromatic N) is 3. The van der Waals surface area contributed by atoms with E-state index in [0.29, 0.717) is 46.3 Å². The topological polar surface area (TPSA) is 103 Å². The lowest BCUT2D eigenvalue weighted by atomic mass is 10.1. The fraction of sp³-hybridized carbons (Fsp3) is 0.318. The number of nitrogens with one attached hydrogen (secondary N) is 1. The van der Waals surface area contributed by atoms with Crippen LogP contribution in [0, 0.1) is 0 Å². The van der Waals surface area contributed by atoms with Gasteiger partial charge in [0.25, 0.3) is 5.91 Å². The maximum absolute atomic E-state index is 12.4. The Bertz CT molecular complexity index is 1050. The van der Waals surface area contributed by atoms with Crippen molar-refractivity contribution in [2.24, 2.45) is 0 Å². The minimum Gasteiger partial charge on any atom is -0.493 e. The molecule has 158 valence electrons. The molecule has 0 aliphatic heterocycles. The van der Waals surface area contributed by atoms with Crippen LogP contribution in [0.5, 0.6) is 11.5 Å². The largest absolute Gasteiger partial charge is 0.493 e. The summed E-state index contributed by atoms with van der Waals surface area (Å²) in [6, 6.07) is 11.1. The van der Waals surface area contributed by atoms with Gasteiger partial charge in [0.1, 0.15) is 5.82 Å². The zero-order chi connectivity index (χ0) is 21.8. The lowest BCUT2D eigenvalue weighted by Gasteiger charge is -2.21. The third-order valence-corrected chi connectivity index (χ3v) is 4.98. The molecule has 0 spiro atoms. The van der Waals surface area contributed by atoms with Gasteiger partial charge in [0, 0.05) is 36.7 Å². The van der Waals surface area contributed by atoms with Crippen molar-refractivity contribution in [3.8, 4) is 11.5 Å². The summed E-state index contributed by atoms with van der Waals surface area (Å²) < 4.78 is 10.6. The second-order valence-electron chi connectivity index (χ2n) is 7.22. The summed E-state index contributed by atoms with van der Waals surface area (Å²) in [5, 5.41) is 3.87. The quantitative estimate of drug-likeness (QED) is 0.617. The van der Waals surface area contributed by atoms with Gasteiger partial charge in [-0.25, -0.2) is 4.98 Å². The van der Waals surface area contributed by atoms with Crippen LogP contribution in [-0.4, -0.2) is 48.1 Å². The molecule has 0 aliphatic rings. The molecule has 0 unspecified atom stereocenters. The van der Waals surface area contributed by atoms with Gasteiger partial charge in [0.05, 0.1) is 19.7 Å². The number of methoxy groups -OCH3 is 2. The van der Waals surface area contributed by atoms with Crippen molar-refractivity contribution in [2.45, 2.75) is 26.4 Å². The van der Waals surface area contributed by atoms with Gasteiger partial charge in [-0.1, -0.05) is 12.1 Å². The van der Waals surface area contributed by atoms with E-state index < -0.39 is 0 Å². The molecule has 0 aliphatic carbocycles. The Balaban J connectivity index is 1.76. The smallest absolute Gasteiger partial charge is 0.253 e. The predicted octanol–water partition coefficient (Wildman–Crippen LogP) is 3.32. The average molecular weight is 409 g/mol. The Morgan fingerprint density at radius 3 is 2.33 bits per heavy atom. The minimum atomic E-state index is -0.000444. The van der Waals surface area contributed by atoms with Crippen LogP contribution < -0.4 is 20.5 Å². The summed E-state index contributed by atoms with van der Waals surface area (Å²) in [6.45, 7) is 4.46. The molecular weight excluding hydrogens is 382 g/mol. The number of carbonyl (C=O) groups is 1. The monoisotopic (exact) mass is 409 g/mol. The Morgan fingerprint density at radius 2 is 1.73 bits per heavy atom. The lowest BCUT2D eigenvalue weighted by molar-refractivity contribution is 0.0755. The van der Waals surface area contributed by atoms with E-state index in [2.05, 4.69) is 15.3 Å². The first kappa shape index (κ1) is 21.2. The van der Waals surface area contributed by atoms with Crippen LogP contribution in [0.4, 0.5) is 11.8 Å². The van der Waals surface area contributed by atoms with E-state index in [1.165, 1.54) is 0 Å². The number of fused-ring (bicyclic) bond motifs is 1. The molecule has 0 atom stereocenters. The molecule has 8 nitrogen and oxygen atoms in total. The van der Waals surface area contributed by atoms with Gasteiger partial charge in [0.2, 0.25) is 5.95 Å². The second kappa shape index (κ2) is 8.86. The highest BCUT2D eigenvalue weighted by Gasteiger charge is 2.14. The number of rotatable bonds is 7. The van der Waals surface area contributed by atoms with Crippen LogP contribution in [0.2, 0.25) is 0 Å². The lowest BCUT2D eigenvalue weighted by Crippen LogP contribution is -2.32. The van der Waals surface area contributed by atoms with Crippen molar-refractivity contribution in [3.63, 3.8) is 0 Å². The molecule has 0 saturated heterocycles. The third-order valence-electron chi connectivity index (χ3n) is 4.98. The van der Waals surface area contributed by atoms with Gasteiger partial charge < -0.3 is 25.4 Å². The molecule has 3 N–H and O–H groups in total. The highest BCUT2D eigenvalue weighted by atomic mass is 16.5. The fourth-order valence-corrected chi connectivity index (χ4v) is 2.94. The first-order chi connectivity index (χ1) is 14.3. The van der Waals surface area contributed by atoms with E-state index in [9.17, 15) is 4.79 Å². The summed E-state index contributed by atoms with van der Waals surface area (Å²) in [6.07, 6.45) is 0. The van der Waals surface area contributed by atoms with Gasteiger partial charge >= 0.3 is 0 Å². The number of nitrogens with two attached hydrogens (primary N) is 1. The zero-order valence-corrected chi connectivity index (χ0v) is 17.9. The van der Waals surface area contributed by atoms with Crippen molar-refractivity contribution >= 4 is 28.6 Å². The average Bonchev–Trinajstić information content (AvgIpc) is 2.76. The van der Waals surface area contributed by atoms with Crippen LogP contribution in [0.25, 0.3) is 10.9 Å². The first-order valence-corrected chi connectivity index (χ1v) is 9.63. The van der Waals surface area contributed by atoms with Crippen molar-refractivity contribution in [1.82, 2.24) is 14.9 Å². The van der Waals surface area contributed by atoms with Crippen molar-refractivity contribution in [2.75, 3.05) is 32.3 Å². The van der Waals surface area contributed by atoms with Gasteiger partial charge in [0.15, 0.2) is 11.5 Å². The van der Waals surface area contributed by atoms with E-state index in [-0.39, 0.29) is 11.9 Å². The highest BCUT2D eigenvalue weighted by molar-refractivity contribution is 5.94. The maximum atomic E-state index is 12.4.